The van der Waals surface area contributed by atoms with E-state index in [4.69, 9.17) is 4.55 Å². The summed E-state index contributed by atoms with van der Waals surface area (Å²) >= 11 is 1.37. The third kappa shape index (κ3) is 4.82. The number of nitrogens with one attached hydrogen (secondary N) is 3. The van der Waals surface area contributed by atoms with Crippen molar-refractivity contribution in [2.24, 2.45) is 7.05 Å². The maximum atomic E-state index is 10.9. The van der Waals surface area contributed by atoms with Crippen molar-refractivity contribution in [2.45, 2.75) is 6.54 Å². The first-order valence-corrected chi connectivity index (χ1v) is 10.8. The predicted molar refractivity (Wildman–Crippen MR) is 121 cm³/mol. The number of fused-ring (bicyclic) bond motifs is 1. The van der Waals surface area contributed by atoms with Crippen LogP contribution < -0.4 is 15.4 Å². The minimum absolute atomic E-state index is 0.226. The van der Waals surface area contributed by atoms with Crippen LogP contribution in [-0.2, 0) is 24.9 Å². The summed E-state index contributed by atoms with van der Waals surface area (Å²) in [5, 5.41) is 11.9. The fourth-order valence-corrected chi connectivity index (χ4v) is 3.49. The van der Waals surface area contributed by atoms with Gasteiger partial charge in [-0.1, -0.05) is 18.2 Å². The SMILES string of the molecule is Cn1cc2ccc(Nc3ncc(Br)c(Nc4ccccc4CNS(=O)O)n3)cc2n1. The Morgan fingerprint density at radius 1 is 1.20 bits per heavy atom. The molecular formula is C19H18BrN7O2S. The Morgan fingerprint density at radius 2 is 2.03 bits per heavy atom. The molecule has 154 valence electrons. The van der Waals surface area contributed by atoms with Crippen LogP contribution in [0.5, 0.6) is 0 Å². The van der Waals surface area contributed by atoms with E-state index in [-0.39, 0.29) is 6.54 Å². The Morgan fingerprint density at radius 3 is 2.87 bits per heavy atom. The van der Waals surface area contributed by atoms with Crippen molar-refractivity contribution in [1.29, 1.82) is 0 Å². The minimum atomic E-state index is -2.09. The Labute approximate surface area is 183 Å². The van der Waals surface area contributed by atoms with Gasteiger partial charge in [-0.25, -0.2) is 13.9 Å². The Hall–Kier alpha value is -2.86. The summed E-state index contributed by atoms with van der Waals surface area (Å²) in [5.41, 5.74) is 3.28. The monoisotopic (exact) mass is 487 g/mol. The first-order valence-electron chi connectivity index (χ1n) is 8.90. The van der Waals surface area contributed by atoms with Gasteiger partial charge in [0, 0.05) is 42.7 Å². The quantitative estimate of drug-likeness (QED) is 0.292. The normalized spacial score (nSPS) is 12.1. The molecule has 4 N–H and O–H groups in total. The molecule has 0 amide bonds. The largest absolute Gasteiger partial charge is 0.339 e. The summed E-state index contributed by atoms with van der Waals surface area (Å²) in [6.07, 6.45) is 3.61. The summed E-state index contributed by atoms with van der Waals surface area (Å²) < 4.78 is 24.9. The molecule has 2 aromatic heterocycles. The average molecular weight is 488 g/mol. The highest BCUT2D eigenvalue weighted by atomic mass is 79.9. The smallest absolute Gasteiger partial charge is 0.232 e. The zero-order valence-corrected chi connectivity index (χ0v) is 18.2. The molecule has 0 radical (unpaired) electrons. The molecule has 0 bridgehead atoms. The van der Waals surface area contributed by atoms with Gasteiger partial charge >= 0.3 is 0 Å². The predicted octanol–water partition coefficient (Wildman–Crippen LogP) is 3.84. The van der Waals surface area contributed by atoms with Crippen molar-refractivity contribution >= 4 is 61.2 Å². The first kappa shape index (κ1) is 20.4. The summed E-state index contributed by atoms with van der Waals surface area (Å²) in [6, 6.07) is 13.3. The number of anilines is 4. The zero-order chi connectivity index (χ0) is 21.1. The molecule has 30 heavy (non-hydrogen) atoms. The van der Waals surface area contributed by atoms with Crippen LogP contribution in [0.3, 0.4) is 0 Å². The van der Waals surface area contributed by atoms with E-state index in [9.17, 15) is 4.21 Å². The summed E-state index contributed by atoms with van der Waals surface area (Å²) in [4.78, 5) is 8.87. The molecule has 0 fully saturated rings. The summed E-state index contributed by atoms with van der Waals surface area (Å²) in [6.45, 7) is 0.226. The van der Waals surface area contributed by atoms with Gasteiger partial charge in [0.25, 0.3) is 0 Å². The van der Waals surface area contributed by atoms with E-state index in [0.717, 1.165) is 27.8 Å². The Kier molecular flexibility index (Phi) is 6.04. The number of halogens is 1. The average Bonchev–Trinajstić information content (AvgIpc) is 3.09. The van der Waals surface area contributed by atoms with Gasteiger partial charge in [0.2, 0.25) is 17.2 Å². The van der Waals surface area contributed by atoms with E-state index >= 15 is 0 Å². The number of hydrogen-bond donors (Lipinski definition) is 4. The van der Waals surface area contributed by atoms with E-state index in [1.54, 1.807) is 10.9 Å². The number of aromatic nitrogens is 4. The standard InChI is InChI=1S/C19H18BrN7O2S/c1-27-11-13-6-7-14(8-17(13)26-27)23-19-21-10-15(20)18(25-19)24-16-5-3-2-4-12(16)9-22-30(28)29/h2-8,10-11,22H,9H2,1H3,(H,28,29)(H2,21,23,24,25). The van der Waals surface area contributed by atoms with Crippen LogP contribution >= 0.6 is 15.9 Å². The fourth-order valence-electron chi connectivity index (χ4n) is 2.92. The molecule has 0 aliphatic carbocycles. The second-order valence-electron chi connectivity index (χ2n) is 6.44. The third-order valence-corrected chi connectivity index (χ3v) is 5.25. The number of aryl methyl sites for hydroxylation is 1. The van der Waals surface area contributed by atoms with Crippen LogP contribution in [0.25, 0.3) is 10.9 Å². The van der Waals surface area contributed by atoms with E-state index in [1.165, 1.54) is 0 Å². The minimum Gasteiger partial charge on any atom is -0.339 e. The van der Waals surface area contributed by atoms with Gasteiger partial charge in [0.05, 0.1) is 9.99 Å². The molecule has 2 heterocycles. The Bertz CT molecular complexity index is 1230. The number of nitrogens with zero attached hydrogens (tertiary/aromatic N) is 4. The van der Waals surface area contributed by atoms with E-state index in [0.29, 0.717) is 16.2 Å². The topological polar surface area (TPSA) is 117 Å². The van der Waals surface area contributed by atoms with Crippen LogP contribution in [0, 0.1) is 0 Å². The highest BCUT2D eigenvalue weighted by Gasteiger charge is 2.10. The van der Waals surface area contributed by atoms with Crippen LogP contribution in [0.2, 0.25) is 0 Å². The molecule has 9 nitrogen and oxygen atoms in total. The molecule has 0 spiro atoms. The van der Waals surface area contributed by atoms with Crippen molar-refractivity contribution in [1.82, 2.24) is 24.5 Å². The van der Waals surface area contributed by atoms with Gasteiger partial charge in [-0.2, -0.15) is 10.1 Å². The van der Waals surface area contributed by atoms with Crippen molar-refractivity contribution in [3.05, 3.63) is 64.9 Å². The number of para-hydroxylation sites is 1. The van der Waals surface area contributed by atoms with Gasteiger partial charge in [0.15, 0.2) is 0 Å². The Balaban J connectivity index is 1.57. The lowest BCUT2D eigenvalue weighted by atomic mass is 10.2. The maximum Gasteiger partial charge on any atom is 0.232 e. The summed E-state index contributed by atoms with van der Waals surface area (Å²) in [5.74, 6) is 0.979. The van der Waals surface area contributed by atoms with Crippen molar-refractivity contribution in [2.75, 3.05) is 10.6 Å². The molecule has 4 rings (SSSR count). The van der Waals surface area contributed by atoms with Gasteiger partial charge in [0.1, 0.15) is 5.82 Å². The zero-order valence-electron chi connectivity index (χ0n) is 15.8. The lowest BCUT2D eigenvalue weighted by Crippen LogP contribution is -2.16. The van der Waals surface area contributed by atoms with Crippen molar-refractivity contribution < 1.29 is 8.76 Å². The second kappa shape index (κ2) is 8.88. The van der Waals surface area contributed by atoms with E-state index < -0.39 is 11.3 Å². The molecule has 11 heteroatoms. The van der Waals surface area contributed by atoms with Gasteiger partial charge < -0.3 is 10.6 Å². The lowest BCUT2D eigenvalue weighted by Gasteiger charge is -2.13. The van der Waals surface area contributed by atoms with Crippen molar-refractivity contribution in [3.8, 4) is 0 Å². The molecule has 0 saturated carbocycles. The van der Waals surface area contributed by atoms with Crippen LogP contribution in [0.4, 0.5) is 23.1 Å². The second-order valence-corrected chi connectivity index (χ2v) is 8.09. The molecule has 4 aromatic rings. The van der Waals surface area contributed by atoms with Crippen molar-refractivity contribution in [3.63, 3.8) is 0 Å². The number of rotatable bonds is 7. The van der Waals surface area contributed by atoms with E-state index in [2.05, 4.69) is 46.4 Å². The molecule has 0 aliphatic heterocycles. The van der Waals surface area contributed by atoms with Gasteiger partial charge in [-0.3, -0.25) is 9.23 Å². The van der Waals surface area contributed by atoms with Gasteiger partial charge in [-0.15, -0.1) is 0 Å². The maximum absolute atomic E-state index is 10.9. The van der Waals surface area contributed by atoms with Crippen LogP contribution in [0.15, 0.2) is 59.3 Å². The molecule has 1 unspecified atom stereocenters. The molecule has 2 aromatic carbocycles. The molecule has 1 atom stereocenters. The molecular weight excluding hydrogens is 470 g/mol. The van der Waals surface area contributed by atoms with Crippen LogP contribution in [-0.4, -0.2) is 28.5 Å². The summed E-state index contributed by atoms with van der Waals surface area (Å²) in [7, 11) is 1.88. The number of hydrogen-bond acceptors (Lipinski definition) is 6. The highest BCUT2D eigenvalue weighted by Crippen LogP contribution is 2.27. The van der Waals surface area contributed by atoms with Gasteiger partial charge in [-0.05, 0) is 45.8 Å². The highest BCUT2D eigenvalue weighted by molar-refractivity contribution is 9.10. The number of benzene rings is 2. The van der Waals surface area contributed by atoms with E-state index in [1.807, 2.05) is 55.7 Å². The van der Waals surface area contributed by atoms with Crippen LogP contribution in [0.1, 0.15) is 5.56 Å². The first-order chi connectivity index (χ1) is 14.5. The molecule has 0 aliphatic rings. The lowest BCUT2D eigenvalue weighted by molar-refractivity contribution is 0.549. The fraction of sp³-hybridized carbons (Fsp3) is 0.105. The third-order valence-electron chi connectivity index (χ3n) is 4.28. The molecule has 0 saturated heterocycles.